The van der Waals surface area contributed by atoms with Crippen LogP contribution in [-0.4, -0.2) is 59.9 Å². The van der Waals surface area contributed by atoms with Crippen LogP contribution < -0.4 is 29.1 Å². The van der Waals surface area contributed by atoms with Crippen LogP contribution in [0.3, 0.4) is 0 Å². The molecule has 0 radical (unpaired) electrons. The van der Waals surface area contributed by atoms with Crippen molar-refractivity contribution in [3.05, 3.63) is 76.8 Å². The van der Waals surface area contributed by atoms with Crippen LogP contribution in [0.2, 0.25) is 5.02 Å². The first-order valence-corrected chi connectivity index (χ1v) is 14.2. The van der Waals surface area contributed by atoms with E-state index in [-0.39, 0.29) is 35.1 Å². The van der Waals surface area contributed by atoms with E-state index in [1.807, 2.05) is 12.1 Å². The molecule has 2 N–H and O–H groups in total. The van der Waals surface area contributed by atoms with Crippen LogP contribution in [0.25, 0.3) is 0 Å². The third-order valence-corrected chi connectivity index (χ3v) is 7.44. The molecular formula is C27H28ClN3O7S. The summed E-state index contributed by atoms with van der Waals surface area (Å²) < 4.78 is 42.3. The number of para-hydroxylation sites is 1. The predicted octanol–water partition coefficient (Wildman–Crippen LogP) is 3.50. The van der Waals surface area contributed by atoms with Gasteiger partial charge in [-0.05, 0) is 54.4 Å². The number of rotatable bonds is 9. The Hall–Kier alpha value is -3.96. The summed E-state index contributed by atoms with van der Waals surface area (Å²) in [6, 6.07) is 16.6. The maximum absolute atomic E-state index is 13.2. The number of nitrogens with one attached hydrogen (secondary N) is 2. The molecule has 0 saturated carbocycles. The van der Waals surface area contributed by atoms with Crippen LogP contribution >= 0.6 is 11.6 Å². The molecule has 10 nitrogen and oxygen atoms in total. The van der Waals surface area contributed by atoms with Gasteiger partial charge in [0.15, 0.2) is 17.6 Å². The molecule has 12 heteroatoms. The standard InChI is InChI=1S/C27H28ClN3O7S/c1-36-23-10-8-17(14-24(23)37-2)12-13-29-26(32)19-6-4-5-7-20(19)30-27(33)25-16-31(39(3,34)35)21-15-18(28)9-11-22(21)38-25/h4-11,14-15,25H,12-13,16H2,1-3H3,(H,29,32)(H,30,33)/t25-/m1/s1. The van der Waals surface area contributed by atoms with Crippen LogP contribution in [0.15, 0.2) is 60.7 Å². The van der Waals surface area contributed by atoms with Crippen molar-refractivity contribution in [2.24, 2.45) is 0 Å². The van der Waals surface area contributed by atoms with E-state index in [1.165, 1.54) is 12.1 Å². The van der Waals surface area contributed by atoms with Gasteiger partial charge in [-0.2, -0.15) is 0 Å². The summed E-state index contributed by atoms with van der Waals surface area (Å²) in [4.78, 5) is 26.1. The van der Waals surface area contributed by atoms with Gasteiger partial charge in [0.05, 0.1) is 44.0 Å². The zero-order valence-electron chi connectivity index (χ0n) is 21.6. The Morgan fingerprint density at radius 1 is 1.05 bits per heavy atom. The van der Waals surface area contributed by atoms with Gasteiger partial charge in [-0.15, -0.1) is 0 Å². The third kappa shape index (κ3) is 6.55. The maximum Gasteiger partial charge on any atom is 0.267 e. The van der Waals surface area contributed by atoms with Gasteiger partial charge in [-0.1, -0.05) is 29.8 Å². The van der Waals surface area contributed by atoms with E-state index in [1.54, 1.807) is 50.6 Å². The summed E-state index contributed by atoms with van der Waals surface area (Å²) in [7, 11) is -0.607. The molecule has 0 aliphatic carbocycles. The highest BCUT2D eigenvalue weighted by Crippen LogP contribution is 2.37. The molecule has 2 amide bonds. The first-order valence-electron chi connectivity index (χ1n) is 11.9. The van der Waals surface area contributed by atoms with Gasteiger partial charge in [-0.25, -0.2) is 8.42 Å². The second-order valence-electron chi connectivity index (χ2n) is 8.74. The Kier molecular flexibility index (Phi) is 8.51. The summed E-state index contributed by atoms with van der Waals surface area (Å²) in [5.41, 5.74) is 1.72. The van der Waals surface area contributed by atoms with Gasteiger partial charge in [0.1, 0.15) is 5.75 Å². The van der Waals surface area contributed by atoms with Crippen LogP contribution in [0, 0.1) is 0 Å². The Balaban J connectivity index is 1.44. The number of fused-ring (bicyclic) bond motifs is 1. The molecule has 1 aliphatic heterocycles. The molecule has 1 heterocycles. The van der Waals surface area contributed by atoms with Crippen molar-refractivity contribution in [2.75, 3.05) is 43.2 Å². The van der Waals surface area contributed by atoms with Crippen molar-refractivity contribution >= 4 is 44.8 Å². The average molecular weight is 574 g/mol. The number of benzene rings is 3. The van der Waals surface area contributed by atoms with Gasteiger partial charge in [-0.3, -0.25) is 13.9 Å². The Bertz CT molecular complexity index is 1500. The number of halogens is 1. The molecule has 0 spiro atoms. The number of carbonyl (C=O) groups is 2. The average Bonchev–Trinajstić information content (AvgIpc) is 2.91. The Morgan fingerprint density at radius 2 is 1.79 bits per heavy atom. The molecule has 1 atom stereocenters. The second-order valence-corrected chi connectivity index (χ2v) is 11.1. The van der Waals surface area contributed by atoms with Gasteiger partial charge in [0.2, 0.25) is 10.0 Å². The maximum atomic E-state index is 13.2. The molecule has 1 aliphatic rings. The molecule has 0 bridgehead atoms. The van der Waals surface area contributed by atoms with Crippen LogP contribution in [0.4, 0.5) is 11.4 Å². The molecule has 0 saturated heterocycles. The summed E-state index contributed by atoms with van der Waals surface area (Å²) in [6.45, 7) is 0.0860. The summed E-state index contributed by atoms with van der Waals surface area (Å²) in [5.74, 6) is 0.434. The third-order valence-electron chi connectivity index (χ3n) is 6.06. The minimum Gasteiger partial charge on any atom is -0.493 e. The zero-order chi connectivity index (χ0) is 28.2. The Morgan fingerprint density at radius 3 is 2.51 bits per heavy atom. The first kappa shape index (κ1) is 28.1. The van der Waals surface area contributed by atoms with Crippen LogP contribution in [0.1, 0.15) is 15.9 Å². The van der Waals surface area contributed by atoms with Crippen molar-refractivity contribution in [3.8, 4) is 17.2 Å². The fourth-order valence-corrected chi connectivity index (χ4v) is 5.20. The number of ether oxygens (including phenoxy) is 3. The van der Waals surface area contributed by atoms with Crippen molar-refractivity contribution in [2.45, 2.75) is 12.5 Å². The van der Waals surface area contributed by atoms with E-state index in [0.717, 1.165) is 16.1 Å². The molecule has 0 unspecified atom stereocenters. The number of nitrogens with zero attached hydrogens (tertiary/aromatic N) is 1. The highest BCUT2D eigenvalue weighted by molar-refractivity contribution is 7.92. The summed E-state index contributed by atoms with van der Waals surface area (Å²) in [6.07, 6.45) is 0.426. The number of anilines is 2. The lowest BCUT2D eigenvalue weighted by Crippen LogP contribution is -2.48. The van der Waals surface area contributed by atoms with E-state index in [2.05, 4.69) is 10.6 Å². The first-order chi connectivity index (χ1) is 18.6. The molecule has 0 fully saturated rings. The minimum absolute atomic E-state index is 0.206. The predicted molar refractivity (Wildman–Crippen MR) is 149 cm³/mol. The number of amides is 2. The fraction of sp³-hybridized carbons (Fsp3) is 0.259. The van der Waals surface area contributed by atoms with Gasteiger partial charge >= 0.3 is 0 Å². The minimum atomic E-state index is -3.72. The highest BCUT2D eigenvalue weighted by atomic mass is 35.5. The van der Waals surface area contributed by atoms with E-state index in [0.29, 0.717) is 29.5 Å². The zero-order valence-corrected chi connectivity index (χ0v) is 23.1. The van der Waals surface area contributed by atoms with E-state index >= 15 is 0 Å². The highest BCUT2D eigenvalue weighted by Gasteiger charge is 2.35. The normalized spacial score (nSPS) is 14.6. The van der Waals surface area contributed by atoms with Gasteiger partial charge in [0, 0.05) is 11.6 Å². The van der Waals surface area contributed by atoms with Crippen molar-refractivity contribution in [3.63, 3.8) is 0 Å². The number of hydrogen-bond acceptors (Lipinski definition) is 7. The largest absolute Gasteiger partial charge is 0.493 e. The van der Waals surface area contributed by atoms with Crippen LogP contribution in [-0.2, 0) is 21.2 Å². The lowest BCUT2D eigenvalue weighted by molar-refractivity contribution is -0.122. The molecule has 3 aromatic carbocycles. The summed E-state index contributed by atoms with van der Waals surface area (Å²) >= 11 is 6.04. The number of hydrogen-bond donors (Lipinski definition) is 2. The molecule has 4 rings (SSSR count). The van der Waals surface area contributed by atoms with Crippen molar-refractivity contribution in [1.29, 1.82) is 0 Å². The SMILES string of the molecule is COc1ccc(CCNC(=O)c2ccccc2NC(=O)[C@H]2CN(S(C)(=O)=O)c3cc(Cl)ccc3O2)cc1OC. The monoisotopic (exact) mass is 573 g/mol. The Labute approximate surface area is 231 Å². The number of sulfonamides is 1. The fourth-order valence-electron chi connectivity index (χ4n) is 4.13. The quantitative estimate of drug-likeness (QED) is 0.401. The van der Waals surface area contributed by atoms with Crippen LogP contribution in [0.5, 0.6) is 17.2 Å². The second kappa shape index (κ2) is 11.8. The lowest BCUT2D eigenvalue weighted by Gasteiger charge is -2.34. The summed E-state index contributed by atoms with van der Waals surface area (Å²) in [5, 5.41) is 5.90. The van der Waals surface area contributed by atoms with Gasteiger partial charge < -0.3 is 24.8 Å². The smallest absolute Gasteiger partial charge is 0.267 e. The molecule has 0 aromatic heterocycles. The van der Waals surface area contributed by atoms with E-state index in [9.17, 15) is 18.0 Å². The molecule has 39 heavy (non-hydrogen) atoms. The van der Waals surface area contributed by atoms with Crippen molar-refractivity contribution < 1.29 is 32.2 Å². The molecular weight excluding hydrogens is 546 g/mol. The van der Waals surface area contributed by atoms with E-state index in [4.69, 9.17) is 25.8 Å². The van der Waals surface area contributed by atoms with Gasteiger partial charge in [0.25, 0.3) is 11.8 Å². The number of methoxy groups -OCH3 is 2. The van der Waals surface area contributed by atoms with E-state index < -0.39 is 22.0 Å². The molecule has 206 valence electrons. The molecule has 3 aromatic rings. The topological polar surface area (TPSA) is 123 Å². The lowest BCUT2D eigenvalue weighted by atomic mass is 10.1. The number of carbonyl (C=O) groups excluding carboxylic acids is 2. The van der Waals surface area contributed by atoms with Crippen molar-refractivity contribution in [1.82, 2.24) is 5.32 Å².